The van der Waals surface area contributed by atoms with Crippen molar-refractivity contribution in [2.75, 3.05) is 0 Å². The smallest absolute Gasteiger partial charge is 0.262 e. The van der Waals surface area contributed by atoms with Crippen LogP contribution in [0.2, 0.25) is 0 Å². The molecule has 136 valence electrons. The van der Waals surface area contributed by atoms with Crippen LogP contribution in [0.5, 0.6) is 0 Å². The van der Waals surface area contributed by atoms with E-state index < -0.39 is 0 Å². The number of amides is 1. The molecule has 0 aliphatic carbocycles. The van der Waals surface area contributed by atoms with Crippen LogP contribution in [0.15, 0.2) is 53.1 Å². The van der Waals surface area contributed by atoms with Crippen LogP contribution in [0.3, 0.4) is 0 Å². The first kappa shape index (κ1) is 17.4. The Hall–Kier alpha value is -2.99. The largest absolute Gasteiger partial charge is 0.461 e. The summed E-state index contributed by atoms with van der Waals surface area (Å²) in [7, 11) is 0. The average molecular weight is 377 g/mol. The van der Waals surface area contributed by atoms with Crippen LogP contribution in [-0.4, -0.2) is 15.9 Å². The molecule has 1 N–H and O–H groups in total. The lowest BCUT2D eigenvalue weighted by atomic mass is 10.1. The zero-order chi connectivity index (χ0) is 19.0. The molecule has 3 aromatic heterocycles. The highest BCUT2D eigenvalue weighted by atomic mass is 32.1. The fourth-order valence-electron chi connectivity index (χ4n) is 3.16. The first-order chi connectivity index (χ1) is 13.0. The van der Waals surface area contributed by atoms with Crippen LogP contribution in [0.1, 0.15) is 39.5 Å². The average Bonchev–Trinajstić information content (AvgIpc) is 3.31. The van der Waals surface area contributed by atoms with E-state index in [2.05, 4.69) is 15.3 Å². The molecular weight excluding hydrogens is 358 g/mol. The molecule has 5 nitrogen and oxygen atoms in total. The minimum atomic E-state index is -0.0919. The highest BCUT2D eigenvalue weighted by molar-refractivity contribution is 7.20. The van der Waals surface area contributed by atoms with Crippen molar-refractivity contribution in [3.63, 3.8) is 0 Å². The Morgan fingerprint density at radius 2 is 1.89 bits per heavy atom. The van der Waals surface area contributed by atoms with Gasteiger partial charge in [0.1, 0.15) is 4.83 Å². The Labute approximate surface area is 161 Å². The summed E-state index contributed by atoms with van der Waals surface area (Å²) in [6.45, 7) is 5.87. The molecule has 0 fully saturated rings. The number of hydrogen-bond acceptors (Lipinski definition) is 5. The number of aromatic nitrogens is 2. The Balaban J connectivity index is 1.69. The predicted octanol–water partition coefficient (Wildman–Crippen LogP) is 5.06. The molecule has 1 aromatic carbocycles. The van der Waals surface area contributed by atoms with Gasteiger partial charge in [-0.1, -0.05) is 30.3 Å². The van der Waals surface area contributed by atoms with Gasteiger partial charge in [-0.05, 0) is 44.0 Å². The monoisotopic (exact) mass is 377 g/mol. The Bertz CT molecular complexity index is 1100. The van der Waals surface area contributed by atoms with Gasteiger partial charge in [0, 0.05) is 5.39 Å². The first-order valence-corrected chi connectivity index (χ1v) is 9.53. The van der Waals surface area contributed by atoms with Gasteiger partial charge in [-0.3, -0.25) is 4.79 Å². The SMILES string of the molecule is Cc1nc(-c2ccco2)nc2sc(C(=O)NC(C)c3ccccc3)c(C)c12. The number of benzene rings is 1. The number of carbonyl (C=O) groups excluding carboxylic acids is 1. The molecule has 6 heteroatoms. The minimum Gasteiger partial charge on any atom is -0.461 e. The molecule has 0 saturated carbocycles. The number of rotatable bonds is 4. The van der Waals surface area contributed by atoms with E-state index in [1.165, 1.54) is 11.3 Å². The van der Waals surface area contributed by atoms with Gasteiger partial charge in [-0.2, -0.15) is 0 Å². The van der Waals surface area contributed by atoms with E-state index in [0.29, 0.717) is 16.5 Å². The van der Waals surface area contributed by atoms with Crippen LogP contribution in [0.4, 0.5) is 0 Å². The van der Waals surface area contributed by atoms with E-state index in [1.54, 1.807) is 6.26 Å². The molecule has 0 aliphatic heterocycles. The highest BCUT2D eigenvalue weighted by Gasteiger charge is 2.21. The van der Waals surface area contributed by atoms with Crippen molar-refractivity contribution in [2.45, 2.75) is 26.8 Å². The summed E-state index contributed by atoms with van der Waals surface area (Å²) >= 11 is 1.39. The maximum Gasteiger partial charge on any atom is 0.262 e. The van der Waals surface area contributed by atoms with Crippen molar-refractivity contribution < 1.29 is 9.21 Å². The lowest BCUT2D eigenvalue weighted by molar-refractivity contribution is 0.0943. The lowest BCUT2D eigenvalue weighted by Gasteiger charge is -2.13. The van der Waals surface area contributed by atoms with Crippen LogP contribution < -0.4 is 5.32 Å². The Kier molecular flexibility index (Phi) is 4.49. The van der Waals surface area contributed by atoms with Gasteiger partial charge in [0.25, 0.3) is 5.91 Å². The summed E-state index contributed by atoms with van der Waals surface area (Å²) < 4.78 is 5.41. The fourth-order valence-corrected chi connectivity index (χ4v) is 4.29. The summed E-state index contributed by atoms with van der Waals surface area (Å²) in [5.41, 5.74) is 2.83. The number of nitrogens with zero attached hydrogens (tertiary/aromatic N) is 2. The van der Waals surface area contributed by atoms with Gasteiger partial charge in [0.05, 0.1) is 22.9 Å². The first-order valence-electron chi connectivity index (χ1n) is 8.72. The molecule has 0 aliphatic rings. The number of carbonyl (C=O) groups is 1. The van der Waals surface area contributed by atoms with Gasteiger partial charge >= 0.3 is 0 Å². The van der Waals surface area contributed by atoms with E-state index in [1.807, 2.05) is 63.2 Å². The standard InChI is InChI=1S/C21H19N3O2S/c1-12-17-14(3)22-19(16-10-7-11-26-16)24-21(17)27-18(12)20(25)23-13(2)15-8-5-4-6-9-15/h4-11,13H,1-3H3,(H,23,25). The van der Waals surface area contributed by atoms with E-state index >= 15 is 0 Å². The number of fused-ring (bicyclic) bond motifs is 1. The molecule has 4 rings (SSSR count). The van der Waals surface area contributed by atoms with E-state index in [0.717, 1.165) is 27.0 Å². The second-order valence-electron chi connectivity index (χ2n) is 6.45. The molecule has 1 atom stereocenters. The molecule has 0 bridgehead atoms. The zero-order valence-electron chi connectivity index (χ0n) is 15.3. The molecule has 1 unspecified atom stereocenters. The van der Waals surface area contributed by atoms with Gasteiger partial charge in [0.2, 0.25) is 0 Å². The fraction of sp³-hybridized carbons (Fsp3) is 0.190. The van der Waals surface area contributed by atoms with Crippen molar-refractivity contribution in [1.29, 1.82) is 0 Å². The predicted molar refractivity (Wildman–Crippen MR) is 107 cm³/mol. The maximum absolute atomic E-state index is 12.9. The molecule has 0 spiro atoms. The van der Waals surface area contributed by atoms with E-state index in [-0.39, 0.29) is 11.9 Å². The van der Waals surface area contributed by atoms with Gasteiger partial charge in [0.15, 0.2) is 11.6 Å². The Morgan fingerprint density at radius 3 is 2.59 bits per heavy atom. The topological polar surface area (TPSA) is 68.0 Å². The quantitative estimate of drug-likeness (QED) is 0.540. The van der Waals surface area contributed by atoms with Gasteiger partial charge < -0.3 is 9.73 Å². The van der Waals surface area contributed by atoms with E-state index in [4.69, 9.17) is 4.42 Å². The van der Waals surface area contributed by atoms with Crippen molar-refractivity contribution in [3.05, 3.63) is 70.4 Å². The second kappa shape index (κ2) is 6.96. The summed E-state index contributed by atoms with van der Waals surface area (Å²) in [5, 5.41) is 4.02. The third-order valence-corrected chi connectivity index (χ3v) is 5.75. The number of thiophene rings is 1. The molecule has 0 radical (unpaired) electrons. The van der Waals surface area contributed by atoms with Crippen molar-refractivity contribution in [3.8, 4) is 11.6 Å². The normalized spacial score (nSPS) is 12.3. The summed E-state index contributed by atoms with van der Waals surface area (Å²) in [6.07, 6.45) is 1.60. The van der Waals surface area contributed by atoms with Crippen LogP contribution in [-0.2, 0) is 0 Å². The van der Waals surface area contributed by atoms with Crippen molar-refractivity contribution in [2.24, 2.45) is 0 Å². The number of hydrogen-bond donors (Lipinski definition) is 1. The van der Waals surface area contributed by atoms with Crippen LogP contribution in [0, 0.1) is 13.8 Å². The van der Waals surface area contributed by atoms with Gasteiger partial charge in [-0.15, -0.1) is 11.3 Å². The van der Waals surface area contributed by atoms with Crippen LogP contribution >= 0.6 is 11.3 Å². The number of nitrogens with one attached hydrogen (secondary N) is 1. The summed E-state index contributed by atoms with van der Waals surface area (Å²) in [5.74, 6) is 1.07. The molecule has 4 aromatic rings. The lowest BCUT2D eigenvalue weighted by Crippen LogP contribution is -2.26. The molecule has 1 amide bonds. The maximum atomic E-state index is 12.9. The minimum absolute atomic E-state index is 0.0748. The third-order valence-electron chi connectivity index (χ3n) is 4.57. The molecular formula is C21H19N3O2S. The second-order valence-corrected chi connectivity index (χ2v) is 7.45. The van der Waals surface area contributed by atoms with E-state index in [9.17, 15) is 4.79 Å². The van der Waals surface area contributed by atoms with Crippen molar-refractivity contribution >= 4 is 27.5 Å². The summed E-state index contributed by atoms with van der Waals surface area (Å²) in [6, 6.07) is 13.5. The molecule has 27 heavy (non-hydrogen) atoms. The van der Waals surface area contributed by atoms with Crippen molar-refractivity contribution in [1.82, 2.24) is 15.3 Å². The van der Waals surface area contributed by atoms with Gasteiger partial charge in [-0.25, -0.2) is 9.97 Å². The molecule has 3 heterocycles. The summed E-state index contributed by atoms with van der Waals surface area (Å²) in [4.78, 5) is 23.5. The number of aryl methyl sites for hydroxylation is 2. The highest BCUT2D eigenvalue weighted by Crippen LogP contribution is 2.33. The molecule has 0 saturated heterocycles. The zero-order valence-corrected chi connectivity index (χ0v) is 16.1. The third kappa shape index (κ3) is 3.24. The van der Waals surface area contributed by atoms with Crippen LogP contribution in [0.25, 0.3) is 21.8 Å². The number of furan rings is 1. The Morgan fingerprint density at radius 1 is 1.11 bits per heavy atom.